The minimum atomic E-state index is -1.04. The number of amides is 2. The van der Waals surface area contributed by atoms with Gasteiger partial charge in [0.1, 0.15) is 6.54 Å². The molecule has 2 heterocycles. The van der Waals surface area contributed by atoms with Crippen molar-refractivity contribution in [2.24, 2.45) is 0 Å². The van der Waals surface area contributed by atoms with Crippen LogP contribution in [0.25, 0.3) is 0 Å². The molecule has 5 nitrogen and oxygen atoms in total. The van der Waals surface area contributed by atoms with Crippen molar-refractivity contribution in [3.05, 3.63) is 23.5 Å². The number of anilines is 1. The van der Waals surface area contributed by atoms with E-state index in [0.717, 1.165) is 9.78 Å². The van der Waals surface area contributed by atoms with Gasteiger partial charge in [-0.2, -0.15) is 0 Å². The lowest BCUT2D eigenvalue weighted by Gasteiger charge is -2.32. The zero-order valence-electron chi connectivity index (χ0n) is 9.85. The summed E-state index contributed by atoms with van der Waals surface area (Å²) in [6.45, 7) is 5.31. The molecule has 7 heteroatoms. The van der Waals surface area contributed by atoms with Gasteiger partial charge in [-0.25, -0.2) is 9.37 Å². The first-order valence-electron chi connectivity index (χ1n) is 5.35. The lowest BCUT2D eigenvalue weighted by molar-refractivity contribution is -0.134. The summed E-state index contributed by atoms with van der Waals surface area (Å²) in [5.74, 6) is -2.12. The Balaban J connectivity index is 2.07. The molecule has 1 aromatic rings. The van der Waals surface area contributed by atoms with Crippen LogP contribution in [0.4, 0.5) is 9.52 Å². The summed E-state index contributed by atoms with van der Waals surface area (Å²) in [4.78, 5) is 31.0. The number of hydrogen-bond donors (Lipinski definition) is 0. The van der Waals surface area contributed by atoms with Crippen molar-refractivity contribution in [3.63, 3.8) is 0 Å². The molecule has 0 bridgehead atoms. The molecule has 2 amide bonds. The summed E-state index contributed by atoms with van der Waals surface area (Å²) in [6, 6.07) is 0. The molecule has 96 valence electrons. The van der Waals surface area contributed by atoms with Crippen LogP contribution in [0, 0.1) is 6.92 Å². The van der Waals surface area contributed by atoms with Gasteiger partial charge in [-0.1, -0.05) is 6.58 Å². The summed E-state index contributed by atoms with van der Waals surface area (Å²) in [5.41, 5.74) is 0. The third-order valence-corrected chi connectivity index (χ3v) is 3.52. The molecular formula is C11H12FN3O2S. The molecule has 0 N–H and O–H groups in total. The van der Waals surface area contributed by atoms with Crippen molar-refractivity contribution >= 4 is 28.3 Å². The highest BCUT2D eigenvalue weighted by atomic mass is 32.1. The fourth-order valence-corrected chi connectivity index (χ4v) is 2.49. The van der Waals surface area contributed by atoms with E-state index in [2.05, 4.69) is 11.6 Å². The zero-order valence-corrected chi connectivity index (χ0v) is 10.7. The predicted molar refractivity (Wildman–Crippen MR) is 66.0 cm³/mol. The van der Waals surface area contributed by atoms with Crippen LogP contribution in [-0.4, -0.2) is 41.3 Å². The van der Waals surface area contributed by atoms with Crippen molar-refractivity contribution in [2.45, 2.75) is 6.92 Å². The SMILES string of the molecule is C=C(F)C(=O)N1CCN(c2ncc(C)s2)C(=O)C1. The molecule has 2 rings (SSSR count). The van der Waals surface area contributed by atoms with Crippen molar-refractivity contribution in [1.29, 1.82) is 0 Å². The number of carbonyl (C=O) groups is 2. The van der Waals surface area contributed by atoms with Crippen LogP contribution < -0.4 is 4.90 Å². The summed E-state index contributed by atoms with van der Waals surface area (Å²) < 4.78 is 12.7. The molecule has 1 saturated heterocycles. The monoisotopic (exact) mass is 269 g/mol. The number of halogens is 1. The Morgan fingerprint density at radius 3 is 2.78 bits per heavy atom. The van der Waals surface area contributed by atoms with E-state index in [9.17, 15) is 14.0 Å². The third-order valence-electron chi connectivity index (χ3n) is 2.58. The van der Waals surface area contributed by atoms with Gasteiger partial charge in [0.15, 0.2) is 11.0 Å². The smallest absolute Gasteiger partial charge is 0.282 e. The lowest BCUT2D eigenvalue weighted by atomic mass is 10.3. The van der Waals surface area contributed by atoms with E-state index in [0.29, 0.717) is 11.7 Å². The van der Waals surface area contributed by atoms with Crippen LogP contribution in [0.5, 0.6) is 0 Å². The highest BCUT2D eigenvalue weighted by Crippen LogP contribution is 2.23. The number of rotatable bonds is 2. The van der Waals surface area contributed by atoms with Gasteiger partial charge in [0.25, 0.3) is 5.91 Å². The number of hydrogen-bond acceptors (Lipinski definition) is 4. The number of thiazole rings is 1. The van der Waals surface area contributed by atoms with Gasteiger partial charge in [-0.3, -0.25) is 14.5 Å². The molecule has 18 heavy (non-hydrogen) atoms. The van der Waals surface area contributed by atoms with E-state index in [1.807, 2.05) is 6.92 Å². The Labute approximate surface area is 108 Å². The molecule has 0 unspecified atom stereocenters. The van der Waals surface area contributed by atoms with Crippen LogP contribution in [0.3, 0.4) is 0 Å². The first-order valence-corrected chi connectivity index (χ1v) is 6.17. The van der Waals surface area contributed by atoms with Gasteiger partial charge in [0.05, 0.1) is 0 Å². The minimum absolute atomic E-state index is 0.138. The van der Waals surface area contributed by atoms with Gasteiger partial charge >= 0.3 is 0 Å². The third kappa shape index (κ3) is 2.40. The Morgan fingerprint density at radius 2 is 2.28 bits per heavy atom. The summed E-state index contributed by atoms with van der Waals surface area (Å²) in [6.07, 6.45) is 1.69. The average molecular weight is 269 g/mol. The summed E-state index contributed by atoms with van der Waals surface area (Å²) in [5, 5.41) is 0.615. The van der Waals surface area contributed by atoms with Gasteiger partial charge in [0, 0.05) is 24.2 Å². The highest BCUT2D eigenvalue weighted by molar-refractivity contribution is 7.15. The van der Waals surface area contributed by atoms with E-state index < -0.39 is 11.7 Å². The largest absolute Gasteiger partial charge is 0.326 e. The molecule has 0 atom stereocenters. The summed E-state index contributed by atoms with van der Waals surface area (Å²) in [7, 11) is 0. The van der Waals surface area contributed by atoms with E-state index in [4.69, 9.17) is 0 Å². The Morgan fingerprint density at radius 1 is 1.56 bits per heavy atom. The van der Waals surface area contributed by atoms with Gasteiger partial charge < -0.3 is 4.90 Å². The molecule has 1 aliphatic rings. The topological polar surface area (TPSA) is 53.5 Å². The van der Waals surface area contributed by atoms with Crippen molar-refractivity contribution in [3.8, 4) is 0 Å². The maximum absolute atomic E-state index is 12.7. The average Bonchev–Trinajstić information content (AvgIpc) is 2.74. The van der Waals surface area contributed by atoms with E-state index in [1.165, 1.54) is 16.2 Å². The number of aryl methyl sites for hydroxylation is 1. The molecule has 0 radical (unpaired) electrons. The minimum Gasteiger partial charge on any atom is -0.326 e. The van der Waals surface area contributed by atoms with Gasteiger partial charge in [0.2, 0.25) is 5.91 Å². The second kappa shape index (κ2) is 4.85. The standard InChI is InChI=1S/C11H12FN3O2S/c1-7-5-13-11(18-7)15-4-3-14(6-9(15)16)10(17)8(2)12/h5H,2-4,6H2,1H3. The number of nitrogens with zero attached hydrogens (tertiary/aromatic N) is 3. The molecule has 0 saturated carbocycles. The number of piperazine rings is 1. The normalized spacial score (nSPS) is 16.0. The molecule has 1 aromatic heterocycles. The van der Waals surface area contributed by atoms with Crippen LogP contribution in [0.15, 0.2) is 18.6 Å². The van der Waals surface area contributed by atoms with Crippen molar-refractivity contribution in [1.82, 2.24) is 9.88 Å². The Kier molecular flexibility index (Phi) is 3.42. The van der Waals surface area contributed by atoms with E-state index in [1.54, 1.807) is 6.20 Å². The Bertz CT molecular complexity index is 514. The molecule has 0 spiro atoms. The first kappa shape index (κ1) is 12.7. The molecule has 0 aliphatic carbocycles. The van der Waals surface area contributed by atoms with Gasteiger partial charge in [-0.15, -0.1) is 11.3 Å². The van der Waals surface area contributed by atoms with Crippen LogP contribution in [0.2, 0.25) is 0 Å². The molecular weight excluding hydrogens is 257 g/mol. The summed E-state index contributed by atoms with van der Waals surface area (Å²) >= 11 is 1.41. The quantitative estimate of drug-likeness (QED) is 0.756. The van der Waals surface area contributed by atoms with E-state index >= 15 is 0 Å². The van der Waals surface area contributed by atoms with Crippen molar-refractivity contribution in [2.75, 3.05) is 24.5 Å². The van der Waals surface area contributed by atoms with Crippen LogP contribution >= 0.6 is 11.3 Å². The van der Waals surface area contributed by atoms with E-state index in [-0.39, 0.29) is 19.0 Å². The fourth-order valence-electron chi connectivity index (χ4n) is 1.69. The highest BCUT2D eigenvalue weighted by Gasteiger charge is 2.30. The van der Waals surface area contributed by atoms with Crippen molar-refractivity contribution < 1.29 is 14.0 Å². The zero-order chi connectivity index (χ0) is 13.3. The van der Waals surface area contributed by atoms with Gasteiger partial charge in [-0.05, 0) is 6.92 Å². The predicted octanol–water partition coefficient (Wildman–Crippen LogP) is 1.11. The Hall–Kier alpha value is -1.76. The second-order valence-corrected chi connectivity index (χ2v) is 5.14. The number of carbonyl (C=O) groups excluding carboxylic acids is 2. The number of aromatic nitrogens is 1. The fraction of sp³-hybridized carbons (Fsp3) is 0.364. The first-order chi connectivity index (χ1) is 8.49. The maximum atomic E-state index is 12.7. The molecule has 1 fully saturated rings. The lowest BCUT2D eigenvalue weighted by Crippen LogP contribution is -2.52. The second-order valence-electron chi connectivity index (χ2n) is 3.93. The van der Waals surface area contributed by atoms with Crippen LogP contribution in [0.1, 0.15) is 4.88 Å². The van der Waals surface area contributed by atoms with Crippen LogP contribution in [-0.2, 0) is 9.59 Å². The maximum Gasteiger partial charge on any atom is 0.282 e. The molecule has 1 aliphatic heterocycles. The molecule has 0 aromatic carbocycles.